The summed E-state index contributed by atoms with van der Waals surface area (Å²) in [5, 5.41) is 20.6. The van der Waals surface area contributed by atoms with E-state index < -0.39 is 0 Å². The van der Waals surface area contributed by atoms with Gasteiger partial charge in [-0.05, 0) is 37.3 Å². The molecular weight excluding hydrogens is 216 g/mol. The summed E-state index contributed by atoms with van der Waals surface area (Å²) in [6.45, 7) is 2.33. The number of rotatable bonds is 3. The molecule has 2 aromatic rings. The number of aryl methyl sites for hydroxylation is 1. The van der Waals surface area contributed by atoms with Crippen LogP contribution in [0.15, 0.2) is 30.3 Å². The number of hydrogen-bond acceptors (Lipinski definition) is 5. The van der Waals surface area contributed by atoms with Gasteiger partial charge in [0, 0.05) is 17.8 Å². The molecule has 0 spiro atoms. The lowest BCUT2D eigenvalue weighted by atomic mass is 10.2. The molecule has 0 unspecified atom stereocenters. The normalized spacial score (nSPS) is 10.2. The summed E-state index contributed by atoms with van der Waals surface area (Å²) >= 11 is 0. The van der Waals surface area contributed by atoms with Crippen molar-refractivity contribution < 1.29 is 5.11 Å². The van der Waals surface area contributed by atoms with Crippen LogP contribution in [0.3, 0.4) is 0 Å². The second-order valence-electron chi connectivity index (χ2n) is 3.80. The second-order valence-corrected chi connectivity index (χ2v) is 3.80. The van der Waals surface area contributed by atoms with Crippen molar-refractivity contribution in [3.8, 4) is 5.75 Å². The van der Waals surface area contributed by atoms with Gasteiger partial charge in [0.1, 0.15) is 11.6 Å². The Balaban J connectivity index is 2.07. The number of aromatic nitrogens is 2. The van der Waals surface area contributed by atoms with E-state index in [0.29, 0.717) is 18.1 Å². The number of phenolic OH excluding ortho intramolecular Hbond substituents is 1. The maximum Gasteiger partial charge on any atom is 0.148 e. The Kier molecular flexibility index (Phi) is 3.09. The lowest BCUT2D eigenvalue weighted by Gasteiger charge is -2.07. The number of hydrogen-bond donors (Lipinski definition) is 3. The van der Waals surface area contributed by atoms with Crippen LogP contribution in [0, 0.1) is 6.92 Å². The maximum atomic E-state index is 9.63. The van der Waals surface area contributed by atoms with Gasteiger partial charge < -0.3 is 16.2 Å². The molecule has 0 fully saturated rings. The van der Waals surface area contributed by atoms with Crippen molar-refractivity contribution in [2.24, 2.45) is 0 Å². The van der Waals surface area contributed by atoms with Gasteiger partial charge in [0.2, 0.25) is 0 Å². The smallest absolute Gasteiger partial charge is 0.148 e. The first-order chi connectivity index (χ1) is 8.15. The minimum Gasteiger partial charge on any atom is -0.508 e. The highest BCUT2D eigenvalue weighted by Gasteiger charge is 2.02. The Morgan fingerprint density at radius 1 is 1.24 bits per heavy atom. The van der Waals surface area contributed by atoms with Crippen LogP contribution in [0.5, 0.6) is 5.75 Å². The zero-order chi connectivity index (χ0) is 12.3. The number of nitrogen functional groups attached to an aromatic ring is 1. The monoisotopic (exact) mass is 230 g/mol. The molecule has 0 atom stereocenters. The summed E-state index contributed by atoms with van der Waals surface area (Å²) < 4.78 is 0. The van der Waals surface area contributed by atoms with Gasteiger partial charge in [-0.3, -0.25) is 0 Å². The van der Waals surface area contributed by atoms with Gasteiger partial charge >= 0.3 is 0 Å². The number of nitrogens with two attached hydrogens (primary N) is 1. The first-order valence-corrected chi connectivity index (χ1v) is 5.27. The van der Waals surface area contributed by atoms with Crippen LogP contribution < -0.4 is 11.1 Å². The number of phenols is 1. The standard InChI is InChI=1S/C12H14N4O/c1-8-2-5-12(16-15-8)14-7-9-6-10(13)3-4-11(9)17/h2-6,17H,7,13H2,1H3,(H,14,16). The molecule has 0 aliphatic rings. The third-order valence-electron chi connectivity index (χ3n) is 2.36. The summed E-state index contributed by atoms with van der Waals surface area (Å²) in [5.74, 6) is 0.879. The first-order valence-electron chi connectivity index (χ1n) is 5.27. The van der Waals surface area contributed by atoms with Gasteiger partial charge in [-0.25, -0.2) is 0 Å². The zero-order valence-corrected chi connectivity index (χ0v) is 9.51. The topological polar surface area (TPSA) is 84.1 Å². The third kappa shape index (κ3) is 2.84. The summed E-state index contributed by atoms with van der Waals surface area (Å²) in [6, 6.07) is 8.67. The summed E-state index contributed by atoms with van der Waals surface area (Å²) in [4.78, 5) is 0. The molecular formula is C12H14N4O. The van der Waals surface area contributed by atoms with Crippen LogP contribution in [-0.4, -0.2) is 15.3 Å². The summed E-state index contributed by atoms with van der Waals surface area (Å²) in [6.07, 6.45) is 0. The molecule has 1 heterocycles. The first kappa shape index (κ1) is 11.2. The van der Waals surface area contributed by atoms with E-state index >= 15 is 0 Å². The van der Waals surface area contributed by atoms with Crippen molar-refractivity contribution in [1.29, 1.82) is 0 Å². The van der Waals surface area contributed by atoms with Gasteiger partial charge in [0.25, 0.3) is 0 Å². The van der Waals surface area contributed by atoms with Crippen molar-refractivity contribution in [2.75, 3.05) is 11.1 Å². The maximum absolute atomic E-state index is 9.63. The van der Waals surface area contributed by atoms with Crippen LogP contribution in [0.25, 0.3) is 0 Å². The summed E-state index contributed by atoms with van der Waals surface area (Å²) in [7, 11) is 0. The quantitative estimate of drug-likeness (QED) is 0.552. The van der Waals surface area contributed by atoms with Crippen molar-refractivity contribution in [3.63, 3.8) is 0 Å². The van der Waals surface area contributed by atoms with E-state index in [9.17, 15) is 5.11 Å². The van der Waals surface area contributed by atoms with Crippen LogP contribution in [0.4, 0.5) is 11.5 Å². The molecule has 1 aromatic carbocycles. The predicted molar refractivity (Wildman–Crippen MR) is 66.6 cm³/mol. The van der Waals surface area contributed by atoms with Gasteiger partial charge in [0.15, 0.2) is 0 Å². The van der Waals surface area contributed by atoms with E-state index in [1.807, 2.05) is 19.1 Å². The fraction of sp³-hybridized carbons (Fsp3) is 0.167. The number of anilines is 2. The largest absolute Gasteiger partial charge is 0.508 e. The average molecular weight is 230 g/mol. The Bertz CT molecular complexity index is 510. The van der Waals surface area contributed by atoms with Gasteiger partial charge in [0.05, 0.1) is 5.69 Å². The molecule has 4 N–H and O–H groups in total. The molecule has 5 nitrogen and oxygen atoms in total. The molecule has 0 saturated carbocycles. The fourth-order valence-corrected chi connectivity index (χ4v) is 1.43. The molecule has 0 aliphatic heterocycles. The minimum atomic E-state index is 0.215. The Labute approximate surface area is 99.3 Å². The van der Waals surface area contributed by atoms with Crippen molar-refractivity contribution in [3.05, 3.63) is 41.6 Å². The van der Waals surface area contributed by atoms with E-state index in [2.05, 4.69) is 15.5 Å². The number of nitrogens with one attached hydrogen (secondary N) is 1. The highest BCUT2D eigenvalue weighted by Crippen LogP contribution is 2.20. The fourth-order valence-electron chi connectivity index (χ4n) is 1.43. The number of benzene rings is 1. The van der Waals surface area contributed by atoms with Crippen LogP contribution in [0.1, 0.15) is 11.3 Å². The lowest BCUT2D eigenvalue weighted by molar-refractivity contribution is 0.469. The van der Waals surface area contributed by atoms with Gasteiger partial charge in [-0.1, -0.05) is 0 Å². The molecule has 1 aromatic heterocycles. The molecule has 2 rings (SSSR count). The minimum absolute atomic E-state index is 0.215. The molecule has 0 radical (unpaired) electrons. The van der Waals surface area contributed by atoms with Crippen molar-refractivity contribution in [1.82, 2.24) is 10.2 Å². The van der Waals surface area contributed by atoms with Crippen LogP contribution >= 0.6 is 0 Å². The highest BCUT2D eigenvalue weighted by atomic mass is 16.3. The zero-order valence-electron chi connectivity index (χ0n) is 9.51. The van der Waals surface area contributed by atoms with Gasteiger partial charge in [-0.15, -0.1) is 5.10 Å². The van der Waals surface area contributed by atoms with Crippen LogP contribution in [0.2, 0.25) is 0 Å². The highest BCUT2D eigenvalue weighted by molar-refractivity contribution is 5.48. The molecule has 0 aliphatic carbocycles. The number of aromatic hydroxyl groups is 1. The molecule has 0 bridgehead atoms. The molecule has 17 heavy (non-hydrogen) atoms. The Morgan fingerprint density at radius 2 is 2.06 bits per heavy atom. The van der Waals surface area contributed by atoms with Crippen LogP contribution in [-0.2, 0) is 6.54 Å². The van der Waals surface area contributed by atoms with E-state index in [1.54, 1.807) is 18.2 Å². The Morgan fingerprint density at radius 3 is 2.76 bits per heavy atom. The predicted octanol–water partition coefficient (Wildman–Crippen LogP) is 1.68. The summed E-state index contributed by atoms with van der Waals surface area (Å²) in [5.41, 5.74) is 7.86. The lowest BCUT2D eigenvalue weighted by Crippen LogP contribution is -2.03. The van der Waals surface area contributed by atoms with E-state index in [-0.39, 0.29) is 5.75 Å². The number of nitrogens with zero attached hydrogens (tertiary/aromatic N) is 2. The second kappa shape index (κ2) is 4.69. The Hall–Kier alpha value is -2.30. The van der Waals surface area contributed by atoms with Gasteiger partial charge in [-0.2, -0.15) is 5.10 Å². The van der Waals surface area contributed by atoms with Crippen molar-refractivity contribution in [2.45, 2.75) is 13.5 Å². The molecule has 5 heteroatoms. The van der Waals surface area contributed by atoms with E-state index in [0.717, 1.165) is 11.3 Å². The SMILES string of the molecule is Cc1ccc(NCc2cc(N)ccc2O)nn1. The average Bonchev–Trinajstić information content (AvgIpc) is 2.32. The molecule has 88 valence electrons. The third-order valence-corrected chi connectivity index (χ3v) is 2.36. The van der Waals surface area contributed by atoms with E-state index in [1.165, 1.54) is 0 Å². The molecule has 0 saturated heterocycles. The molecule has 0 amide bonds. The van der Waals surface area contributed by atoms with Crippen molar-refractivity contribution >= 4 is 11.5 Å². The van der Waals surface area contributed by atoms with E-state index in [4.69, 9.17) is 5.73 Å².